The van der Waals surface area contributed by atoms with E-state index in [0.717, 1.165) is 12.8 Å². The number of hydrogen-bond acceptors (Lipinski definition) is 3. The molecule has 0 aliphatic carbocycles. The quantitative estimate of drug-likeness (QED) is 0.212. The Labute approximate surface area is 226 Å². The average molecular weight is 518 g/mol. The highest BCUT2D eigenvalue weighted by Crippen LogP contribution is 2.49. The lowest BCUT2D eigenvalue weighted by Crippen LogP contribution is -2.33. The minimum atomic E-state index is 0.409. The fraction of sp³-hybridized carbons (Fsp3) is 0.182. The molecule has 7 rings (SSSR count). The predicted molar refractivity (Wildman–Crippen MR) is 160 cm³/mol. The summed E-state index contributed by atoms with van der Waals surface area (Å²) in [4.78, 5) is 3.92. The van der Waals surface area contributed by atoms with Gasteiger partial charge in [-0.15, -0.1) is 0 Å². The molecule has 2 unspecified atom stereocenters. The van der Waals surface area contributed by atoms with Gasteiger partial charge in [-0.1, -0.05) is 108 Å². The molecule has 4 heteroatoms. The Morgan fingerprint density at radius 1 is 0.784 bits per heavy atom. The van der Waals surface area contributed by atoms with E-state index in [1.807, 2.05) is 23.1 Å². The van der Waals surface area contributed by atoms with Gasteiger partial charge in [0.15, 0.2) is 0 Å². The fourth-order valence-electron chi connectivity index (χ4n) is 5.95. The monoisotopic (exact) mass is 517 g/mol. The summed E-state index contributed by atoms with van der Waals surface area (Å²) in [6.07, 6.45) is 2.14. The molecule has 0 amide bonds. The highest BCUT2D eigenvalue weighted by atomic mass is 32.2. The lowest BCUT2D eigenvalue weighted by atomic mass is 9.92. The smallest absolute Gasteiger partial charge is 0.238 e. The standard InChI is InChI=1S/C33H29N2S2/c1-34-30(36-28-18-16-23-12-6-8-14-26(23)32(28)34)20-25(22-10-4-3-5-11-22)21-31-35(2)33-27-15-9-7-13-24(27)17-19-29(33)37-31/h3-19,25,30H,20-21H2,1-2H3/q+1. The summed E-state index contributed by atoms with van der Waals surface area (Å²) < 4.78 is 3.82. The van der Waals surface area contributed by atoms with Crippen LogP contribution in [0.1, 0.15) is 22.9 Å². The Morgan fingerprint density at radius 2 is 1.46 bits per heavy atom. The van der Waals surface area contributed by atoms with E-state index in [1.165, 1.54) is 52.9 Å². The first kappa shape index (κ1) is 22.8. The van der Waals surface area contributed by atoms with Crippen molar-refractivity contribution >= 4 is 60.5 Å². The van der Waals surface area contributed by atoms with E-state index in [2.05, 4.69) is 127 Å². The van der Waals surface area contributed by atoms with E-state index < -0.39 is 0 Å². The van der Waals surface area contributed by atoms with Crippen molar-refractivity contribution in [2.24, 2.45) is 7.05 Å². The average Bonchev–Trinajstić information content (AvgIpc) is 3.44. The van der Waals surface area contributed by atoms with Crippen LogP contribution in [-0.2, 0) is 13.5 Å². The highest BCUT2D eigenvalue weighted by molar-refractivity contribution is 8.00. The number of rotatable bonds is 5. The number of hydrogen-bond donors (Lipinski definition) is 0. The summed E-state index contributed by atoms with van der Waals surface area (Å²) in [6.45, 7) is 0. The Hall–Kier alpha value is -3.34. The van der Waals surface area contributed by atoms with Crippen LogP contribution in [0.3, 0.4) is 0 Å². The fourth-order valence-corrected chi connectivity index (χ4v) is 8.59. The van der Waals surface area contributed by atoms with Gasteiger partial charge in [0.1, 0.15) is 11.7 Å². The van der Waals surface area contributed by atoms with E-state index in [4.69, 9.17) is 0 Å². The summed E-state index contributed by atoms with van der Waals surface area (Å²) in [6, 6.07) is 37.8. The molecule has 1 aliphatic rings. The lowest BCUT2D eigenvalue weighted by Gasteiger charge is -2.26. The molecule has 182 valence electrons. The molecular formula is C33H29N2S2+. The highest BCUT2D eigenvalue weighted by Gasteiger charge is 2.33. The Bertz CT molecular complexity index is 1760. The van der Waals surface area contributed by atoms with Gasteiger partial charge < -0.3 is 4.90 Å². The number of nitrogens with zero attached hydrogens (tertiary/aromatic N) is 2. The molecule has 0 saturated carbocycles. The lowest BCUT2D eigenvalue weighted by molar-refractivity contribution is -0.647. The van der Waals surface area contributed by atoms with Gasteiger partial charge in [-0.2, -0.15) is 4.57 Å². The number of thiazole rings is 1. The van der Waals surface area contributed by atoms with E-state index in [1.54, 1.807) is 0 Å². The molecule has 1 aliphatic heterocycles. The third-order valence-electron chi connectivity index (χ3n) is 7.89. The van der Waals surface area contributed by atoms with Gasteiger partial charge in [0.05, 0.1) is 22.9 Å². The molecule has 6 aromatic rings. The summed E-state index contributed by atoms with van der Waals surface area (Å²) in [5.41, 5.74) is 4.18. The van der Waals surface area contributed by atoms with Gasteiger partial charge >= 0.3 is 0 Å². The van der Waals surface area contributed by atoms with Crippen LogP contribution >= 0.6 is 23.1 Å². The number of anilines is 1. The molecule has 2 nitrogen and oxygen atoms in total. The zero-order valence-electron chi connectivity index (χ0n) is 21.1. The number of thioether (sulfide) groups is 1. The minimum absolute atomic E-state index is 0.409. The first-order valence-electron chi connectivity index (χ1n) is 12.9. The van der Waals surface area contributed by atoms with Crippen LogP contribution in [0.25, 0.3) is 31.8 Å². The molecule has 2 heterocycles. The molecular weight excluding hydrogens is 489 g/mol. The molecule has 0 fully saturated rings. The molecule has 2 atom stereocenters. The van der Waals surface area contributed by atoms with Gasteiger partial charge in [-0.3, -0.25) is 0 Å². The van der Waals surface area contributed by atoms with Gasteiger partial charge in [0, 0.05) is 17.3 Å². The van der Waals surface area contributed by atoms with Gasteiger partial charge in [-0.05, 0) is 46.9 Å². The molecule has 0 spiro atoms. The van der Waals surface area contributed by atoms with Crippen LogP contribution in [0.2, 0.25) is 0 Å². The second-order valence-electron chi connectivity index (χ2n) is 10.1. The van der Waals surface area contributed by atoms with Crippen molar-refractivity contribution in [2.75, 3.05) is 11.9 Å². The second-order valence-corrected chi connectivity index (χ2v) is 12.4. The second kappa shape index (κ2) is 9.20. The van der Waals surface area contributed by atoms with Gasteiger partial charge in [0.2, 0.25) is 10.5 Å². The molecule has 0 N–H and O–H groups in total. The van der Waals surface area contributed by atoms with E-state index in [-0.39, 0.29) is 0 Å². The Balaban J connectivity index is 1.25. The predicted octanol–water partition coefficient (Wildman–Crippen LogP) is 8.32. The number of aromatic nitrogens is 1. The van der Waals surface area contributed by atoms with Crippen molar-refractivity contribution in [3.8, 4) is 0 Å². The largest absolute Gasteiger partial charge is 0.361 e. The van der Waals surface area contributed by atoms with Crippen molar-refractivity contribution in [3.05, 3.63) is 114 Å². The first-order chi connectivity index (χ1) is 18.2. The van der Waals surface area contributed by atoms with Crippen molar-refractivity contribution in [2.45, 2.75) is 29.0 Å². The molecule has 0 saturated heterocycles. The van der Waals surface area contributed by atoms with Crippen molar-refractivity contribution in [1.29, 1.82) is 0 Å². The third kappa shape index (κ3) is 3.91. The zero-order chi connectivity index (χ0) is 24.9. The van der Waals surface area contributed by atoms with Crippen LogP contribution in [0.5, 0.6) is 0 Å². The minimum Gasteiger partial charge on any atom is -0.361 e. The van der Waals surface area contributed by atoms with E-state index in [0.29, 0.717) is 11.3 Å². The molecule has 5 aromatic carbocycles. The summed E-state index contributed by atoms with van der Waals surface area (Å²) >= 11 is 3.98. The van der Waals surface area contributed by atoms with Crippen LogP contribution in [0.15, 0.2) is 108 Å². The van der Waals surface area contributed by atoms with Crippen molar-refractivity contribution < 1.29 is 4.57 Å². The maximum absolute atomic E-state index is 2.52. The Morgan fingerprint density at radius 3 is 2.27 bits per heavy atom. The van der Waals surface area contributed by atoms with Crippen molar-refractivity contribution in [3.63, 3.8) is 0 Å². The SMILES string of the molecule is CN1c2c(ccc3ccccc23)SC1CC(Cc1sc2ccc3ccccc3c2[n+]1C)c1ccccc1. The molecule has 37 heavy (non-hydrogen) atoms. The maximum atomic E-state index is 2.52. The summed E-state index contributed by atoms with van der Waals surface area (Å²) in [5.74, 6) is 0.437. The zero-order valence-corrected chi connectivity index (χ0v) is 22.7. The summed E-state index contributed by atoms with van der Waals surface area (Å²) in [5, 5.41) is 7.17. The van der Waals surface area contributed by atoms with Crippen LogP contribution in [0.4, 0.5) is 5.69 Å². The number of aryl methyl sites for hydroxylation is 1. The molecule has 1 aromatic heterocycles. The topological polar surface area (TPSA) is 7.12 Å². The third-order valence-corrected chi connectivity index (χ3v) is 10.5. The number of fused-ring (bicyclic) bond motifs is 6. The van der Waals surface area contributed by atoms with E-state index in [9.17, 15) is 0 Å². The van der Waals surface area contributed by atoms with Crippen molar-refractivity contribution in [1.82, 2.24) is 0 Å². The molecule has 0 bridgehead atoms. The van der Waals surface area contributed by atoms with E-state index >= 15 is 0 Å². The summed E-state index contributed by atoms with van der Waals surface area (Å²) in [7, 11) is 4.53. The Kier molecular flexibility index (Phi) is 5.67. The maximum Gasteiger partial charge on any atom is 0.238 e. The van der Waals surface area contributed by atoms with Crippen LogP contribution in [-0.4, -0.2) is 12.4 Å². The molecule has 0 radical (unpaired) electrons. The van der Waals surface area contributed by atoms with Crippen LogP contribution < -0.4 is 9.47 Å². The normalized spacial score (nSPS) is 16.1. The van der Waals surface area contributed by atoms with Gasteiger partial charge in [-0.25, -0.2) is 0 Å². The first-order valence-corrected chi connectivity index (χ1v) is 14.6. The number of benzene rings is 5. The van der Waals surface area contributed by atoms with Gasteiger partial charge in [0.25, 0.3) is 0 Å². The van der Waals surface area contributed by atoms with Crippen LogP contribution in [0, 0.1) is 0 Å².